The summed E-state index contributed by atoms with van der Waals surface area (Å²) >= 11 is 0. The monoisotopic (exact) mass is 209 g/mol. The summed E-state index contributed by atoms with van der Waals surface area (Å²) in [4.78, 5) is 0. The van der Waals surface area contributed by atoms with Crippen LogP contribution < -0.4 is 5.14 Å². The second kappa shape index (κ2) is 4.03. The summed E-state index contributed by atoms with van der Waals surface area (Å²) in [6.45, 7) is -1.68. The van der Waals surface area contributed by atoms with Crippen molar-refractivity contribution in [2.45, 2.75) is 6.36 Å². The van der Waals surface area contributed by atoms with Gasteiger partial charge in [0.2, 0.25) is 0 Å². The van der Waals surface area contributed by atoms with Crippen LogP contribution in [0.5, 0.6) is 0 Å². The van der Waals surface area contributed by atoms with Crippen LogP contribution in [0, 0.1) is 0 Å². The molecule has 0 saturated heterocycles. The fraction of sp³-hybridized carbons (Fsp3) is 1.00. The lowest BCUT2D eigenvalue weighted by Crippen LogP contribution is -2.22. The highest BCUT2D eigenvalue weighted by Crippen LogP contribution is 2.15. The summed E-state index contributed by atoms with van der Waals surface area (Å²) in [5.74, 6) is 0. The molecule has 0 heterocycles. The molecule has 0 fully saturated rings. The van der Waals surface area contributed by atoms with E-state index < -0.39 is 29.9 Å². The number of hydrogen-bond donors (Lipinski definition) is 1. The van der Waals surface area contributed by atoms with Crippen molar-refractivity contribution in [2.75, 3.05) is 13.2 Å². The molecule has 0 radical (unpaired) electrons. The van der Waals surface area contributed by atoms with Crippen LogP contribution >= 0.6 is 0 Å². The van der Waals surface area contributed by atoms with E-state index in [0.29, 0.717) is 0 Å². The van der Waals surface area contributed by atoms with Crippen LogP contribution in [-0.4, -0.2) is 28.0 Å². The Morgan fingerprint density at radius 2 is 1.75 bits per heavy atom. The summed E-state index contributed by atoms with van der Waals surface area (Å²) < 4.78 is 60.5. The van der Waals surface area contributed by atoms with E-state index in [4.69, 9.17) is 0 Å². The van der Waals surface area contributed by atoms with E-state index in [1.807, 2.05) is 0 Å². The van der Waals surface area contributed by atoms with Crippen LogP contribution in [0.1, 0.15) is 0 Å². The molecule has 9 heteroatoms. The van der Waals surface area contributed by atoms with Gasteiger partial charge in [-0.1, -0.05) is 0 Å². The molecule has 0 aromatic heterocycles. The molecule has 2 N–H and O–H groups in total. The van der Waals surface area contributed by atoms with Crippen LogP contribution in [0.25, 0.3) is 0 Å². The molecular weight excluding hydrogens is 203 g/mol. The maximum atomic E-state index is 11.2. The van der Waals surface area contributed by atoms with Gasteiger partial charge < -0.3 is 0 Å². The van der Waals surface area contributed by atoms with Gasteiger partial charge in [0.1, 0.15) is 0 Å². The molecule has 0 atom stereocenters. The summed E-state index contributed by atoms with van der Waals surface area (Å²) in [6.07, 6.45) is -4.79. The van der Waals surface area contributed by atoms with Gasteiger partial charge in [-0.3, -0.25) is 8.92 Å². The topological polar surface area (TPSA) is 78.6 Å². The molecule has 0 saturated carbocycles. The third kappa shape index (κ3) is 9.62. The zero-order valence-corrected chi connectivity index (χ0v) is 6.48. The molecule has 0 bridgehead atoms. The molecule has 5 nitrogen and oxygen atoms in total. The van der Waals surface area contributed by atoms with Crippen LogP contribution in [-0.2, 0) is 19.2 Å². The third-order valence-electron chi connectivity index (χ3n) is 0.597. The fourth-order valence-corrected chi connectivity index (χ4v) is 0.608. The number of ether oxygens (including phenoxy) is 1. The molecule has 0 aliphatic rings. The number of hydrogen-bond acceptors (Lipinski definition) is 4. The van der Waals surface area contributed by atoms with Gasteiger partial charge in [0.25, 0.3) is 0 Å². The first-order chi connectivity index (χ1) is 5.21. The minimum Gasteiger partial charge on any atom is -0.289 e. The number of alkyl halides is 3. The summed E-state index contributed by atoms with van der Waals surface area (Å²) in [7, 11) is -4.19. The standard InChI is InChI=1S/C3H6F3NO4S/c4-3(5,6)10-1-2-11-12(7,8)9/h1-2H2,(H2,7,8,9). The van der Waals surface area contributed by atoms with Crippen molar-refractivity contribution < 1.29 is 30.5 Å². The van der Waals surface area contributed by atoms with Gasteiger partial charge >= 0.3 is 16.7 Å². The van der Waals surface area contributed by atoms with Crippen molar-refractivity contribution >= 4 is 10.3 Å². The van der Waals surface area contributed by atoms with Crippen LogP contribution in [0.15, 0.2) is 0 Å². The predicted molar refractivity (Wildman–Crippen MR) is 31.1 cm³/mol. The van der Waals surface area contributed by atoms with Gasteiger partial charge in [-0.25, -0.2) is 5.14 Å². The van der Waals surface area contributed by atoms with Crippen LogP contribution in [0.2, 0.25) is 0 Å². The first-order valence-corrected chi connectivity index (χ1v) is 4.06. The Labute approximate surface area is 66.5 Å². The van der Waals surface area contributed by atoms with E-state index in [2.05, 4.69) is 14.1 Å². The van der Waals surface area contributed by atoms with Crippen LogP contribution in [0.3, 0.4) is 0 Å². The maximum Gasteiger partial charge on any atom is 0.522 e. The first-order valence-electron chi connectivity index (χ1n) is 2.58. The molecular formula is C3H6F3NO4S. The SMILES string of the molecule is NS(=O)(=O)OCCOC(F)(F)F. The Morgan fingerprint density at radius 3 is 2.08 bits per heavy atom. The van der Waals surface area contributed by atoms with E-state index in [-0.39, 0.29) is 0 Å². The van der Waals surface area contributed by atoms with Gasteiger partial charge in [-0.2, -0.15) is 8.42 Å². The number of halogens is 3. The zero-order chi connectivity index (χ0) is 9.83. The zero-order valence-electron chi connectivity index (χ0n) is 5.67. The lowest BCUT2D eigenvalue weighted by Gasteiger charge is -2.05. The molecule has 0 spiro atoms. The van der Waals surface area contributed by atoms with Gasteiger partial charge in [-0.05, 0) is 0 Å². The smallest absolute Gasteiger partial charge is 0.289 e. The largest absolute Gasteiger partial charge is 0.522 e. The Hall–Kier alpha value is -0.380. The maximum absolute atomic E-state index is 11.2. The molecule has 0 aromatic carbocycles. The van der Waals surface area contributed by atoms with Crippen molar-refractivity contribution in [3.8, 4) is 0 Å². The first kappa shape index (κ1) is 11.6. The van der Waals surface area contributed by atoms with Crippen LogP contribution in [0.4, 0.5) is 13.2 Å². The van der Waals surface area contributed by atoms with Gasteiger partial charge in [0.15, 0.2) is 0 Å². The quantitative estimate of drug-likeness (QED) is 0.647. The summed E-state index contributed by atoms with van der Waals surface area (Å²) in [6, 6.07) is 0. The minimum atomic E-state index is -4.79. The molecule has 0 aliphatic carbocycles. The van der Waals surface area contributed by atoms with E-state index in [1.165, 1.54) is 0 Å². The number of nitrogens with two attached hydrogens (primary N) is 1. The molecule has 74 valence electrons. The van der Waals surface area contributed by atoms with Crippen molar-refractivity contribution in [1.29, 1.82) is 0 Å². The van der Waals surface area contributed by atoms with E-state index in [0.717, 1.165) is 0 Å². The van der Waals surface area contributed by atoms with Crippen molar-refractivity contribution in [3.63, 3.8) is 0 Å². The van der Waals surface area contributed by atoms with Crippen molar-refractivity contribution in [3.05, 3.63) is 0 Å². The highest BCUT2D eigenvalue weighted by molar-refractivity contribution is 7.84. The Kier molecular flexibility index (Phi) is 3.90. The molecule has 0 unspecified atom stereocenters. The molecule has 0 rings (SSSR count). The Bertz CT molecular complexity index is 222. The molecule has 0 amide bonds. The van der Waals surface area contributed by atoms with E-state index >= 15 is 0 Å². The highest BCUT2D eigenvalue weighted by Gasteiger charge is 2.28. The predicted octanol–water partition coefficient (Wildman–Crippen LogP) is -0.257. The van der Waals surface area contributed by atoms with Gasteiger partial charge in [0.05, 0.1) is 13.2 Å². The third-order valence-corrected chi connectivity index (χ3v) is 1.09. The van der Waals surface area contributed by atoms with Crippen molar-refractivity contribution in [2.24, 2.45) is 5.14 Å². The normalized spacial score (nSPS) is 13.3. The van der Waals surface area contributed by atoms with Gasteiger partial charge in [0, 0.05) is 0 Å². The summed E-state index contributed by atoms with van der Waals surface area (Å²) in [5.41, 5.74) is 0. The molecule has 0 aromatic rings. The number of rotatable bonds is 4. The molecule has 0 aliphatic heterocycles. The lowest BCUT2D eigenvalue weighted by molar-refractivity contribution is -0.325. The van der Waals surface area contributed by atoms with E-state index in [1.54, 1.807) is 0 Å². The van der Waals surface area contributed by atoms with E-state index in [9.17, 15) is 21.6 Å². The molecule has 12 heavy (non-hydrogen) atoms. The van der Waals surface area contributed by atoms with Gasteiger partial charge in [-0.15, -0.1) is 13.2 Å². The average Bonchev–Trinajstić information content (AvgIpc) is 1.76. The minimum absolute atomic E-state index is 0.766. The average molecular weight is 209 g/mol. The lowest BCUT2D eigenvalue weighted by atomic mass is 10.8. The second-order valence-corrected chi connectivity index (χ2v) is 2.83. The highest BCUT2D eigenvalue weighted by atomic mass is 32.2. The Balaban J connectivity index is 3.48. The second-order valence-electron chi connectivity index (χ2n) is 1.61. The summed E-state index contributed by atoms with van der Waals surface area (Å²) in [5, 5.41) is 4.30. The van der Waals surface area contributed by atoms with Crippen molar-refractivity contribution in [1.82, 2.24) is 0 Å². The fourth-order valence-electron chi connectivity index (χ4n) is 0.308. The Morgan fingerprint density at radius 1 is 1.25 bits per heavy atom.